The zero-order chi connectivity index (χ0) is 13.1. The third-order valence-electron chi connectivity index (χ3n) is 2.51. The average Bonchev–Trinajstić information content (AvgIpc) is 2.70. The van der Waals surface area contributed by atoms with Gasteiger partial charge < -0.3 is 9.57 Å². The molecule has 0 aromatic heterocycles. The molecule has 1 aromatic rings. The molecule has 0 atom stereocenters. The first-order valence-corrected chi connectivity index (χ1v) is 5.34. The van der Waals surface area contributed by atoms with Crippen LogP contribution in [0.1, 0.15) is 23.2 Å². The van der Waals surface area contributed by atoms with Gasteiger partial charge in [-0.25, -0.2) is 4.79 Å². The Balaban J connectivity index is 2.07. The van der Waals surface area contributed by atoms with Crippen molar-refractivity contribution in [2.45, 2.75) is 12.8 Å². The maximum Gasteiger partial charge on any atom is 0.363 e. The fourth-order valence-electron chi connectivity index (χ4n) is 1.52. The first kappa shape index (κ1) is 12.1. The van der Waals surface area contributed by atoms with Crippen LogP contribution in [-0.4, -0.2) is 30.0 Å². The van der Waals surface area contributed by atoms with Crippen LogP contribution in [0.2, 0.25) is 0 Å². The van der Waals surface area contributed by atoms with Gasteiger partial charge in [0.15, 0.2) is 0 Å². The number of hydrogen-bond acceptors (Lipinski definition) is 5. The third kappa shape index (κ3) is 2.32. The highest BCUT2D eigenvalue weighted by Gasteiger charge is 2.33. The van der Waals surface area contributed by atoms with E-state index in [1.165, 1.54) is 19.2 Å². The van der Waals surface area contributed by atoms with Gasteiger partial charge in [0.25, 0.3) is 11.8 Å². The topological polar surface area (TPSA) is 72.9 Å². The highest BCUT2D eigenvalue weighted by molar-refractivity contribution is 6.02. The maximum atomic E-state index is 11.7. The lowest BCUT2D eigenvalue weighted by Crippen LogP contribution is -2.32. The summed E-state index contributed by atoms with van der Waals surface area (Å²) in [4.78, 5) is 39.0. The fourth-order valence-corrected chi connectivity index (χ4v) is 1.52. The van der Waals surface area contributed by atoms with Gasteiger partial charge >= 0.3 is 5.97 Å². The van der Waals surface area contributed by atoms with Crippen LogP contribution in [0.5, 0.6) is 5.75 Å². The molecule has 0 spiro atoms. The van der Waals surface area contributed by atoms with Gasteiger partial charge in [-0.05, 0) is 24.3 Å². The number of carbonyl (C=O) groups is 3. The zero-order valence-electron chi connectivity index (χ0n) is 9.71. The summed E-state index contributed by atoms with van der Waals surface area (Å²) in [5.74, 6) is -1.15. The summed E-state index contributed by atoms with van der Waals surface area (Å²) in [6.07, 6.45) is 0.156. The minimum atomic E-state index is -0.749. The van der Waals surface area contributed by atoms with Crippen molar-refractivity contribution in [3.05, 3.63) is 29.8 Å². The second-order valence-electron chi connectivity index (χ2n) is 3.69. The molecular formula is C12H11NO5. The van der Waals surface area contributed by atoms with Crippen LogP contribution in [0.3, 0.4) is 0 Å². The van der Waals surface area contributed by atoms with Gasteiger partial charge in [0, 0.05) is 12.8 Å². The lowest BCUT2D eigenvalue weighted by Gasteiger charge is -2.12. The van der Waals surface area contributed by atoms with E-state index in [2.05, 4.69) is 0 Å². The predicted molar refractivity (Wildman–Crippen MR) is 59.5 cm³/mol. The van der Waals surface area contributed by atoms with Gasteiger partial charge in [-0.1, -0.05) is 0 Å². The molecular weight excluding hydrogens is 238 g/mol. The van der Waals surface area contributed by atoms with Crippen LogP contribution in [0.15, 0.2) is 24.3 Å². The number of hydrogen-bond donors (Lipinski definition) is 0. The van der Waals surface area contributed by atoms with E-state index in [0.29, 0.717) is 10.8 Å². The van der Waals surface area contributed by atoms with Crippen LogP contribution < -0.4 is 4.74 Å². The molecule has 1 heterocycles. The molecule has 1 saturated heterocycles. The second-order valence-corrected chi connectivity index (χ2v) is 3.69. The van der Waals surface area contributed by atoms with Crippen molar-refractivity contribution >= 4 is 17.8 Å². The Labute approximate surface area is 103 Å². The van der Waals surface area contributed by atoms with Gasteiger partial charge in [-0.3, -0.25) is 9.59 Å². The highest BCUT2D eigenvalue weighted by atomic mass is 16.7. The van der Waals surface area contributed by atoms with Crippen molar-refractivity contribution in [3.8, 4) is 5.75 Å². The first-order valence-electron chi connectivity index (χ1n) is 5.34. The molecule has 94 valence electrons. The number of ether oxygens (including phenoxy) is 1. The maximum absolute atomic E-state index is 11.7. The average molecular weight is 249 g/mol. The zero-order valence-corrected chi connectivity index (χ0v) is 9.71. The van der Waals surface area contributed by atoms with E-state index in [1.807, 2.05) is 0 Å². The summed E-state index contributed by atoms with van der Waals surface area (Å²) in [5.41, 5.74) is 0.239. The van der Waals surface area contributed by atoms with Gasteiger partial charge in [0.2, 0.25) is 0 Å². The molecule has 0 unspecified atom stereocenters. The summed E-state index contributed by atoms with van der Waals surface area (Å²) >= 11 is 0. The van der Waals surface area contributed by atoms with Crippen molar-refractivity contribution in [1.29, 1.82) is 0 Å². The van der Waals surface area contributed by atoms with E-state index >= 15 is 0 Å². The van der Waals surface area contributed by atoms with E-state index in [1.54, 1.807) is 12.1 Å². The second kappa shape index (κ2) is 4.87. The monoisotopic (exact) mass is 249 g/mol. The molecule has 6 heteroatoms. The van der Waals surface area contributed by atoms with Gasteiger partial charge in [0.05, 0.1) is 12.7 Å². The number of nitrogens with zero attached hydrogens (tertiary/aromatic N) is 1. The van der Waals surface area contributed by atoms with Crippen molar-refractivity contribution in [3.63, 3.8) is 0 Å². The van der Waals surface area contributed by atoms with Crippen LogP contribution in [0.25, 0.3) is 0 Å². The Kier molecular flexibility index (Phi) is 3.27. The molecule has 0 bridgehead atoms. The van der Waals surface area contributed by atoms with Gasteiger partial charge in [0.1, 0.15) is 5.75 Å². The summed E-state index contributed by atoms with van der Waals surface area (Å²) in [5, 5.41) is 0.520. The Hall–Kier alpha value is -2.37. The van der Waals surface area contributed by atoms with E-state index < -0.39 is 17.8 Å². The largest absolute Gasteiger partial charge is 0.497 e. The molecule has 6 nitrogen and oxygen atoms in total. The Morgan fingerprint density at radius 3 is 2.17 bits per heavy atom. The normalized spacial score (nSPS) is 14.8. The molecule has 0 radical (unpaired) electrons. The number of amides is 2. The van der Waals surface area contributed by atoms with Gasteiger partial charge in [-0.15, -0.1) is 5.06 Å². The van der Waals surface area contributed by atoms with E-state index in [4.69, 9.17) is 9.57 Å². The number of imide groups is 1. The summed E-state index contributed by atoms with van der Waals surface area (Å²) in [7, 11) is 1.51. The molecule has 1 aromatic carbocycles. The third-order valence-corrected chi connectivity index (χ3v) is 2.51. The standard InChI is InChI=1S/C12H11NO5/c1-17-9-4-2-8(3-5-9)12(16)18-13-10(14)6-7-11(13)15/h2-5H,6-7H2,1H3. The number of carbonyl (C=O) groups excluding carboxylic acids is 3. The number of hydroxylamine groups is 2. The quantitative estimate of drug-likeness (QED) is 0.744. The molecule has 2 amide bonds. The molecule has 2 rings (SSSR count). The summed E-state index contributed by atoms with van der Waals surface area (Å²) in [6, 6.07) is 6.16. The molecule has 18 heavy (non-hydrogen) atoms. The number of rotatable bonds is 3. The molecule has 0 saturated carbocycles. The van der Waals surface area contributed by atoms with Crippen LogP contribution in [-0.2, 0) is 14.4 Å². The molecule has 0 aliphatic carbocycles. The Morgan fingerprint density at radius 2 is 1.67 bits per heavy atom. The Morgan fingerprint density at radius 1 is 1.11 bits per heavy atom. The lowest BCUT2D eigenvalue weighted by molar-refractivity contribution is -0.172. The van der Waals surface area contributed by atoms with E-state index in [0.717, 1.165) is 0 Å². The van der Waals surface area contributed by atoms with Crippen LogP contribution in [0.4, 0.5) is 0 Å². The smallest absolute Gasteiger partial charge is 0.363 e. The molecule has 1 aliphatic heterocycles. The Bertz CT molecular complexity index is 478. The minimum Gasteiger partial charge on any atom is -0.497 e. The van der Waals surface area contributed by atoms with Crippen molar-refractivity contribution in [2.75, 3.05) is 7.11 Å². The fraction of sp³-hybridized carbons (Fsp3) is 0.250. The van der Waals surface area contributed by atoms with Crippen LogP contribution >= 0.6 is 0 Å². The number of benzene rings is 1. The van der Waals surface area contributed by atoms with Crippen molar-refractivity contribution in [1.82, 2.24) is 5.06 Å². The minimum absolute atomic E-state index is 0.0781. The van der Waals surface area contributed by atoms with E-state index in [-0.39, 0.29) is 18.4 Å². The molecule has 1 aliphatic rings. The summed E-state index contributed by atoms with van der Waals surface area (Å²) < 4.78 is 4.95. The molecule has 0 N–H and O–H groups in total. The lowest BCUT2D eigenvalue weighted by atomic mass is 10.2. The SMILES string of the molecule is COc1ccc(C(=O)ON2C(=O)CCC2=O)cc1. The number of methoxy groups -OCH3 is 1. The van der Waals surface area contributed by atoms with Gasteiger partial charge in [-0.2, -0.15) is 0 Å². The molecule has 1 fully saturated rings. The highest BCUT2D eigenvalue weighted by Crippen LogP contribution is 2.16. The summed E-state index contributed by atoms with van der Waals surface area (Å²) in [6.45, 7) is 0. The van der Waals surface area contributed by atoms with Crippen molar-refractivity contribution < 1.29 is 24.0 Å². The first-order chi connectivity index (χ1) is 8.61. The van der Waals surface area contributed by atoms with Crippen LogP contribution in [0, 0.1) is 0 Å². The predicted octanol–water partition coefficient (Wildman–Crippen LogP) is 0.916. The van der Waals surface area contributed by atoms with Crippen molar-refractivity contribution in [2.24, 2.45) is 0 Å². The van der Waals surface area contributed by atoms with E-state index in [9.17, 15) is 14.4 Å².